The van der Waals surface area contributed by atoms with Crippen LogP contribution in [0.1, 0.15) is 36.6 Å². The Kier molecular flexibility index (Phi) is 3.67. The number of aromatic nitrogens is 4. The molecule has 0 bridgehead atoms. The van der Waals surface area contributed by atoms with Crippen LogP contribution in [0.3, 0.4) is 0 Å². The maximum Gasteiger partial charge on any atom is 0.227 e. The van der Waals surface area contributed by atoms with Gasteiger partial charge in [-0.3, -0.25) is 0 Å². The van der Waals surface area contributed by atoms with E-state index in [4.69, 9.17) is 9.97 Å². The fourth-order valence-electron chi connectivity index (χ4n) is 3.63. The molecule has 0 saturated carbocycles. The minimum atomic E-state index is 0.488. The number of anilines is 2. The van der Waals surface area contributed by atoms with Crippen molar-refractivity contribution >= 4 is 11.8 Å². The highest BCUT2D eigenvalue weighted by Gasteiger charge is 2.27. The Labute approximate surface area is 137 Å². The van der Waals surface area contributed by atoms with Crippen molar-refractivity contribution in [1.82, 2.24) is 19.5 Å². The van der Waals surface area contributed by atoms with E-state index in [-0.39, 0.29) is 0 Å². The summed E-state index contributed by atoms with van der Waals surface area (Å²) < 4.78 is 2.21. The van der Waals surface area contributed by atoms with Gasteiger partial charge in [0.2, 0.25) is 5.95 Å². The molecular weight excluding hydrogens is 288 g/mol. The molecule has 4 rings (SSSR count). The summed E-state index contributed by atoms with van der Waals surface area (Å²) in [7, 11) is 0. The lowest BCUT2D eigenvalue weighted by Gasteiger charge is -2.24. The van der Waals surface area contributed by atoms with Gasteiger partial charge in [0.25, 0.3) is 0 Å². The average Bonchev–Trinajstić information content (AvgIpc) is 3.31. The Bertz CT molecular complexity index is 675. The number of aryl methyl sites for hydroxylation is 1. The molecule has 2 aliphatic rings. The predicted octanol–water partition coefficient (Wildman–Crippen LogP) is 2.34. The van der Waals surface area contributed by atoms with Crippen molar-refractivity contribution in [2.24, 2.45) is 0 Å². The first-order valence-corrected chi connectivity index (χ1v) is 8.55. The van der Waals surface area contributed by atoms with E-state index >= 15 is 0 Å². The molecular formula is C17H24N6. The monoisotopic (exact) mass is 312 g/mol. The molecule has 0 aromatic carbocycles. The smallest absolute Gasteiger partial charge is 0.227 e. The lowest BCUT2D eigenvalue weighted by Crippen LogP contribution is -2.26. The second kappa shape index (κ2) is 5.83. The molecule has 0 spiro atoms. The molecule has 1 atom stereocenters. The average molecular weight is 312 g/mol. The molecule has 2 saturated heterocycles. The van der Waals surface area contributed by atoms with E-state index in [1.165, 1.54) is 18.4 Å². The quantitative estimate of drug-likeness (QED) is 0.871. The van der Waals surface area contributed by atoms with E-state index in [1.807, 2.05) is 12.5 Å². The van der Waals surface area contributed by atoms with Crippen LogP contribution < -0.4 is 9.80 Å². The second-order valence-corrected chi connectivity index (χ2v) is 6.65. The molecule has 0 aliphatic carbocycles. The molecule has 2 aromatic rings. The highest BCUT2D eigenvalue weighted by atomic mass is 15.3. The molecule has 0 N–H and O–H groups in total. The van der Waals surface area contributed by atoms with Crippen LogP contribution in [0.5, 0.6) is 0 Å². The highest BCUT2D eigenvalue weighted by molar-refractivity contribution is 5.53. The summed E-state index contributed by atoms with van der Waals surface area (Å²) in [5.41, 5.74) is 2.31. The van der Waals surface area contributed by atoms with Crippen molar-refractivity contribution in [1.29, 1.82) is 0 Å². The van der Waals surface area contributed by atoms with Gasteiger partial charge in [-0.25, -0.2) is 9.97 Å². The van der Waals surface area contributed by atoms with Crippen molar-refractivity contribution < 1.29 is 0 Å². The van der Waals surface area contributed by atoms with Crippen LogP contribution in [0.4, 0.5) is 11.8 Å². The summed E-state index contributed by atoms with van der Waals surface area (Å²) >= 11 is 0. The zero-order valence-electron chi connectivity index (χ0n) is 13.9. The first-order chi connectivity index (χ1) is 11.2. The molecule has 4 heterocycles. The fourth-order valence-corrected chi connectivity index (χ4v) is 3.63. The lowest BCUT2D eigenvalue weighted by atomic mass is 10.2. The summed E-state index contributed by atoms with van der Waals surface area (Å²) in [5.74, 6) is 2.02. The fraction of sp³-hybridized carbons (Fsp3) is 0.588. The molecule has 6 heteroatoms. The Hall–Kier alpha value is -2.11. The molecule has 2 aliphatic heterocycles. The van der Waals surface area contributed by atoms with Crippen LogP contribution in [-0.4, -0.2) is 45.7 Å². The topological polar surface area (TPSA) is 50.1 Å². The van der Waals surface area contributed by atoms with Gasteiger partial charge in [0.15, 0.2) is 0 Å². The van der Waals surface area contributed by atoms with Gasteiger partial charge in [-0.05, 0) is 33.1 Å². The van der Waals surface area contributed by atoms with Gasteiger partial charge >= 0.3 is 0 Å². The van der Waals surface area contributed by atoms with Crippen molar-refractivity contribution in [2.75, 3.05) is 36.0 Å². The van der Waals surface area contributed by atoms with Crippen LogP contribution in [0.15, 0.2) is 18.7 Å². The Morgan fingerprint density at radius 1 is 1.04 bits per heavy atom. The number of rotatable bonds is 3. The van der Waals surface area contributed by atoms with E-state index in [1.54, 1.807) is 0 Å². The Morgan fingerprint density at radius 3 is 2.61 bits per heavy atom. The Balaban J connectivity index is 1.60. The van der Waals surface area contributed by atoms with E-state index in [9.17, 15) is 0 Å². The van der Waals surface area contributed by atoms with Crippen LogP contribution in [0.25, 0.3) is 0 Å². The second-order valence-electron chi connectivity index (χ2n) is 6.65. The summed E-state index contributed by atoms with van der Waals surface area (Å²) in [6.45, 7) is 8.44. The number of hydrogen-bond donors (Lipinski definition) is 0. The minimum Gasteiger partial charge on any atom is -0.354 e. The Morgan fingerprint density at radius 2 is 1.87 bits per heavy atom. The maximum absolute atomic E-state index is 4.93. The van der Waals surface area contributed by atoms with E-state index in [0.29, 0.717) is 6.04 Å². The van der Waals surface area contributed by atoms with Crippen molar-refractivity contribution in [2.45, 2.75) is 39.2 Å². The van der Waals surface area contributed by atoms with Gasteiger partial charge in [-0.15, -0.1) is 0 Å². The maximum atomic E-state index is 4.93. The van der Waals surface area contributed by atoms with Gasteiger partial charge in [0, 0.05) is 49.8 Å². The van der Waals surface area contributed by atoms with Crippen molar-refractivity contribution in [3.63, 3.8) is 0 Å². The third-order valence-corrected chi connectivity index (χ3v) is 5.15. The predicted molar refractivity (Wildman–Crippen MR) is 91.0 cm³/mol. The molecule has 0 unspecified atom stereocenters. The van der Waals surface area contributed by atoms with Gasteiger partial charge in [0.1, 0.15) is 5.82 Å². The van der Waals surface area contributed by atoms with Crippen molar-refractivity contribution in [3.8, 4) is 0 Å². The van der Waals surface area contributed by atoms with Crippen LogP contribution >= 0.6 is 0 Å². The number of nitrogens with zero attached hydrogens (tertiary/aromatic N) is 6. The summed E-state index contributed by atoms with van der Waals surface area (Å²) in [4.78, 5) is 18.6. The van der Waals surface area contributed by atoms with Crippen LogP contribution in [0, 0.1) is 13.8 Å². The number of hydrogen-bond acceptors (Lipinski definition) is 5. The first kappa shape index (κ1) is 14.5. The van der Waals surface area contributed by atoms with E-state index < -0.39 is 0 Å². The van der Waals surface area contributed by atoms with Crippen molar-refractivity contribution in [3.05, 3.63) is 30.0 Å². The SMILES string of the molecule is Cc1nc(N2CCCC2)nc(N2CC[C@@H](n3ccnc3)C2)c1C. The summed E-state index contributed by atoms with van der Waals surface area (Å²) in [5, 5.41) is 0. The zero-order valence-corrected chi connectivity index (χ0v) is 13.9. The minimum absolute atomic E-state index is 0.488. The van der Waals surface area contributed by atoms with Crippen LogP contribution in [-0.2, 0) is 0 Å². The molecule has 0 amide bonds. The van der Waals surface area contributed by atoms with Gasteiger partial charge in [0.05, 0.1) is 12.4 Å². The number of imidazole rings is 1. The first-order valence-electron chi connectivity index (χ1n) is 8.55. The summed E-state index contributed by atoms with van der Waals surface area (Å²) in [6.07, 6.45) is 9.46. The normalized spacial score (nSPS) is 21.4. The third kappa shape index (κ3) is 2.66. The standard InChI is InChI=1S/C17H24N6/c1-13-14(2)19-17(21-7-3-4-8-21)20-16(13)22-9-5-15(11-22)23-10-6-18-12-23/h6,10,12,15H,3-5,7-9,11H2,1-2H3/t15-/m1/s1. The largest absolute Gasteiger partial charge is 0.354 e. The van der Waals surface area contributed by atoms with E-state index in [0.717, 1.165) is 50.1 Å². The van der Waals surface area contributed by atoms with Gasteiger partial charge < -0.3 is 14.4 Å². The molecule has 0 radical (unpaired) electrons. The molecule has 122 valence electrons. The van der Waals surface area contributed by atoms with Gasteiger partial charge in [-0.2, -0.15) is 4.98 Å². The third-order valence-electron chi connectivity index (χ3n) is 5.15. The summed E-state index contributed by atoms with van der Waals surface area (Å²) in [6, 6.07) is 0.488. The van der Waals surface area contributed by atoms with Crippen LogP contribution in [0.2, 0.25) is 0 Å². The highest BCUT2D eigenvalue weighted by Crippen LogP contribution is 2.30. The molecule has 2 fully saturated rings. The lowest BCUT2D eigenvalue weighted by molar-refractivity contribution is 0.551. The van der Waals surface area contributed by atoms with E-state index in [2.05, 4.69) is 39.4 Å². The molecule has 2 aromatic heterocycles. The van der Waals surface area contributed by atoms with Gasteiger partial charge in [-0.1, -0.05) is 0 Å². The molecule has 6 nitrogen and oxygen atoms in total. The molecule has 23 heavy (non-hydrogen) atoms. The zero-order chi connectivity index (χ0) is 15.8.